The molecule has 0 amide bonds. The number of hydrogen-bond acceptors (Lipinski definition) is 0. The molecule has 0 aromatic rings. The third-order valence-corrected chi connectivity index (χ3v) is 4.70. The van der Waals surface area contributed by atoms with Gasteiger partial charge in [0.15, 0.2) is 0 Å². The molecule has 0 aliphatic heterocycles. The molecule has 0 aliphatic carbocycles. The van der Waals surface area contributed by atoms with Gasteiger partial charge in [-0.25, -0.2) is 0 Å². The van der Waals surface area contributed by atoms with Gasteiger partial charge in [0, 0.05) is 4.50 Å². The second-order valence-corrected chi connectivity index (χ2v) is 6.79. The van der Waals surface area contributed by atoms with Gasteiger partial charge in [-0.05, 0) is 10.8 Å². The van der Waals surface area contributed by atoms with E-state index in [1.165, 1.54) is 0 Å². The van der Waals surface area contributed by atoms with E-state index in [2.05, 4.69) is 51.8 Å². The third kappa shape index (κ3) is 2.22. The summed E-state index contributed by atoms with van der Waals surface area (Å²) < 4.78 is -0.347. The Bertz CT molecular complexity index is 121. The Morgan fingerprint density at radius 1 is 0.818 bits per heavy atom. The topological polar surface area (TPSA) is 0 Å². The maximum atomic E-state index is 6.40. The van der Waals surface area contributed by atoms with Gasteiger partial charge in [-0.2, -0.15) is 0 Å². The van der Waals surface area contributed by atoms with Crippen molar-refractivity contribution >= 4 is 21.8 Å². The first-order valence-corrected chi connectivity index (χ1v) is 4.82. The lowest BCUT2D eigenvalue weighted by Crippen LogP contribution is -2.48. The molecule has 0 fully saturated rings. The van der Waals surface area contributed by atoms with Crippen molar-refractivity contribution in [2.45, 2.75) is 46.0 Å². The summed E-state index contributed by atoms with van der Waals surface area (Å²) in [7, 11) is 3.64. The first kappa shape index (κ1) is 11.5. The highest BCUT2D eigenvalue weighted by Crippen LogP contribution is 2.46. The van der Waals surface area contributed by atoms with E-state index in [0.717, 1.165) is 0 Å². The van der Waals surface area contributed by atoms with Crippen LogP contribution < -0.4 is 0 Å². The molecule has 0 spiro atoms. The largest absolute Gasteiger partial charge is 0.123 e. The normalized spacial score (nSPS) is 15.3. The smallest absolute Gasteiger partial charge is 0.0549 e. The summed E-state index contributed by atoms with van der Waals surface area (Å²) in [5, 5.41) is 0. The molecule has 0 nitrogen and oxygen atoms in total. The zero-order valence-electron chi connectivity index (χ0n) is 8.38. The molecule has 0 rings (SSSR count). The van der Waals surface area contributed by atoms with Crippen molar-refractivity contribution in [1.82, 2.24) is 0 Å². The van der Waals surface area contributed by atoms with Crippen molar-refractivity contribution in [3.63, 3.8) is 0 Å². The predicted octanol–water partition coefficient (Wildman–Crippen LogP) is 3.18. The highest BCUT2D eigenvalue weighted by molar-refractivity contribution is 6.45. The monoisotopic (exact) mass is 189 g/mol. The molecule has 0 aromatic heterocycles. The minimum atomic E-state index is -0.347. The molecule has 65 valence electrons. The average molecular weight is 190 g/mol. The zero-order valence-corrected chi connectivity index (χ0v) is 10.1. The average Bonchev–Trinajstić information content (AvgIpc) is 1.58. The van der Waals surface area contributed by atoms with E-state index in [-0.39, 0.29) is 15.3 Å². The Balaban J connectivity index is 4.75. The Labute approximate surface area is 79.1 Å². The molecule has 0 unspecified atom stereocenters. The van der Waals surface area contributed by atoms with Crippen molar-refractivity contribution in [2.24, 2.45) is 10.8 Å². The fourth-order valence-electron chi connectivity index (χ4n) is 1.12. The van der Waals surface area contributed by atoms with E-state index < -0.39 is 0 Å². The zero-order chi connectivity index (χ0) is 9.50. The molecule has 0 saturated heterocycles. The van der Waals surface area contributed by atoms with Crippen LogP contribution in [0.4, 0.5) is 0 Å². The van der Waals surface area contributed by atoms with E-state index in [0.29, 0.717) is 0 Å². The predicted molar refractivity (Wildman–Crippen MR) is 53.2 cm³/mol. The molecule has 0 atom stereocenters. The van der Waals surface area contributed by atoms with Crippen molar-refractivity contribution in [1.29, 1.82) is 0 Å². The molecule has 0 saturated carbocycles. The van der Waals surface area contributed by atoms with Gasteiger partial charge in [-0.3, -0.25) is 0 Å². The minimum Gasteiger partial charge on any atom is -0.123 e. The Hall–Kier alpha value is 0.507. The van der Waals surface area contributed by atoms with Crippen LogP contribution in [0.1, 0.15) is 41.5 Å². The molecular weight excluding hydrogens is 172 g/mol. The van der Waals surface area contributed by atoms with Crippen LogP contribution in [0.25, 0.3) is 0 Å². The lowest BCUT2D eigenvalue weighted by atomic mass is 9.76. The Kier molecular flexibility index (Phi) is 2.90. The second kappa shape index (κ2) is 2.77. The third-order valence-electron chi connectivity index (χ3n) is 2.07. The summed E-state index contributed by atoms with van der Waals surface area (Å²) in [5.41, 5.74) is 0.118. The van der Waals surface area contributed by atoms with Crippen LogP contribution >= 0.6 is 11.6 Å². The molecule has 0 heterocycles. The summed E-state index contributed by atoms with van der Waals surface area (Å²) in [4.78, 5) is 0. The van der Waals surface area contributed by atoms with Crippen LogP contribution in [-0.4, -0.2) is 14.7 Å². The lowest BCUT2D eigenvalue weighted by molar-refractivity contribution is 0.207. The highest BCUT2D eigenvalue weighted by Gasteiger charge is 2.44. The van der Waals surface area contributed by atoms with E-state index in [1.54, 1.807) is 0 Å². The first-order valence-electron chi connectivity index (χ1n) is 3.94. The van der Waals surface area contributed by atoms with Gasteiger partial charge in [0.1, 0.15) is 0 Å². The minimum absolute atomic E-state index is 0.0592. The van der Waals surface area contributed by atoms with Gasteiger partial charge in [0.25, 0.3) is 0 Å². The van der Waals surface area contributed by atoms with Crippen molar-refractivity contribution in [3.8, 4) is 0 Å². The van der Waals surface area contributed by atoms with Crippen LogP contribution in [0.3, 0.4) is 0 Å². The van der Waals surface area contributed by atoms with Crippen LogP contribution in [0.5, 0.6) is 0 Å². The van der Waals surface area contributed by atoms with Gasteiger partial charge in [0.2, 0.25) is 0 Å². The summed E-state index contributed by atoms with van der Waals surface area (Å²) in [5.74, 6) is 0. The summed E-state index contributed by atoms with van der Waals surface area (Å²) >= 11 is 6.40. The van der Waals surface area contributed by atoms with E-state index in [4.69, 9.17) is 11.6 Å². The van der Waals surface area contributed by atoms with E-state index in [1.807, 2.05) is 0 Å². The van der Waals surface area contributed by atoms with Gasteiger partial charge < -0.3 is 0 Å². The molecule has 3 radical (unpaired) electrons. The molecular formula is C9H18ClSi. The molecule has 2 heteroatoms. The van der Waals surface area contributed by atoms with Crippen LogP contribution in [-0.2, 0) is 0 Å². The number of halogens is 1. The van der Waals surface area contributed by atoms with Gasteiger partial charge in [-0.15, -0.1) is 11.6 Å². The first-order chi connectivity index (χ1) is 4.50. The van der Waals surface area contributed by atoms with E-state index in [9.17, 15) is 0 Å². The fraction of sp³-hybridized carbons (Fsp3) is 1.00. The number of hydrogen-bond donors (Lipinski definition) is 0. The standard InChI is InChI=1S/C9H18ClSi/c1-7(2,3)9(10,11)8(4,5)6/h1-6H3. The van der Waals surface area contributed by atoms with Crippen LogP contribution in [0.2, 0.25) is 0 Å². The summed E-state index contributed by atoms with van der Waals surface area (Å²) in [6, 6.07) is 0. The van der Waals surface area contributed by atoms with Gasteiger partial charge >= 0.3 is 0 Å². The van der Waals surface area contributed by atoms with Crippen LogP contribution in [0.15, 0.2) is 0 Å². The second-order valence-electron chi connectivity index (χ2n) is 5.16. The van der Waals surface area contributed by atoms with Crippen molar-refractivity contribution < 1.29 is 0 Å². The fourth-order valence-corrected chi connectivity index (χ4v) is 1.12. The number of rotatable bonds is 0. The van der Waals surface area contributed by atoms with Crippen molar-refractivity contribution in [2.75, 3.05) is 0 Å². The maximum Gasteiger partial charge on any atom is 0.0549 e. The highest BCUT2D eigenvalue weighted by atomic mass is 35.5. The lowest BCUT2D eigenvalue weighted by Gasteiger charge is -2.46. The van der Waals surface area contributed by atoms with Crippen LogP contribution in [0, 0.1) is 10.8 Å². The SMILES string of the molecule is CC(C)(C)C([Si])(Cl)C(C)(C)C. The molecule has 0 aromatic carbocycles. The van der Waals surface area contributed by atoms with E-state index >= 15 is 0 Å². The molecule has 0 N–H and O–H groups in total. The van der Waals surface area contributed by atoms with Gasteiger partial charge in [0.05, 0.1) is 10.2 Å². The molecule has 0 aliphatic rings. The quantitative estimate of drug-likeness (QED) is 0.406. The molecule has 0 bridgehead atoms. The molecule has 11 heavy (non-hydrogen) atoms. The van der Waals surface area contributed by atoms with Crippen molar-refractivity contribution in [3.05, 3.63) is 0 Å². The summed E-state index contributed by atoms with van der Waals surface area (Å²) in [6.45, 7) is 12.8. The van der Waals surface area contributed by atoms with Gasteiger partial charge in [-0.1, -0.05) is 41.5 Å². The Morgan fingerprint density at radius 2 is 1.00 bits per heavy atom. The Morgan fingerprint density at radius 3 is 1.00 bits per heavy atom. The summed E-state index contributed by atoms with van der Waals surface area (Å²) in [6.07, 6.45) is 0. The maximum absolute atomic E-state index is 6.40. The number of alkyl halides is 1.